The molecule has 3 heterocycles. The molecule has 0 aliphatic carbocycles. The number of aromatic nitrogens is 1. The third kappa shape index (κ3) is 2.78. The normalized spacial score (nSPS) is 25.5. The van der Waals surface area contributed by atoms with Crippen LogP contribution in [0.1, 0.15) is 50.4 Å². The summed E-state index contributed by atoms with van der Waals surface area (Å²) in [7, 11) is 0. The molecular formula is C21H29N3O2. The zero-order valence-corrected chi connectivity index (χ0v) is 15.8. The van der Waals surface area contributed by atoms with E-state index in [4.69, 9.17) is 4.74 Å². The van der Waals surface area contributed by atoms with Gasteiger partial charge in [0.05, 0.1) is 12.6 Å². The smallest absolute Gasteiger partial charge is 0.407 e. The number of para-hydroxylation sites is 1. The summed E-state index contributed by atoms with van der Waals surface area (Å²) in [6, 6.07) is 8.95. The molecule has 1 aromatic carbocycles. The molecule has 5 heteroatoms. The van der Waals surface area contributed by atoms with Crippen molar-refractivity contribution < 1.29 is 9.53 Å². The van der Waals surface area contributed by atoms with Crippen LogP contribution in [0.15, 0.2) is 24.3 Å². The van der Waals surface area contributed by atoms with Crippen molar-refractivity contribution in [3.63, 3.8) is 0 Å². The summed E-state index contributed by atoms with van der Waals surface area (Å²) in [4.78, 5) is 18.3. The van der Waals surface area contributed by atoms with Crippen LogP contribution in [-0.4, -0.2) is 42.2 Å². The number of hydrogen-bond donors (Lipinski definition) is 2. The number of amides is 1. The molecule has 0 saturated carbocycles. The highest BCUT2D eigenvalue weighted by atomic mass is 16.5. The number of nitrogens with zero attached hydrogens (tertiary/aromatic N) is 1. The zero-order chi connectivity index (χ0) is 18.1. The molecule has 0 bridgehead atoms. The number of hydrogen-bond acceptors (Lipinski definition) is 3. The van der Waals surface area contributed by atoms with Crippen LogP contribution in [0.2, 0.25) is 0 Å². The highest BCUT2D eigenvalue weighted by Gasteiger charge is 2.47. The molecule has 1 amide bonds. The average Bonchev–Trinajstić information content (AvgIpc) is 3.05. The number of carbonyl (C=O) groups excluding carboxylic acids is 1. The first-order valence-corrected chi connectivity index (χ1v) is 9.92. The van der Waals surface area contributed by atoms with E-state index in [-0.39, 0.29) is 11.5 Å². The number of fused-ring (bicyclic) bond motifs is 5. The van der Waals surface area contributed by atoms with E-state index in [2.05, 4.69) is 46.4 Å². The molecule has 2 N–H and O–H groups in total. The van der Waals surface area contributed by atoms with Crippen LogP contribution >= 0.6 is 0 Å². The predicted molar refractivity (Wildman–Crippen MR) is 103 cm³/mol. The van der Waals surface area contributed by atoms with E-state index in [9.17, 15) is 4.79 Å². The molecule has 2 aromatic rings. The Labute approximate surface area is 155 Å². The van der Waals surface area contributed by atoms with Gasteiger partial charge in [0, 0.05) is 35.1 Å². The summed E-state index contributed by atoms with van der Waals surface area (Å²) in [6.07, 6.45) is 4.15. The molecule has 0 radical (unpaired) electrons. The second-order valence-corrected chi connectivity index (χ2v) is 7.64. The van der Waals surface area contributed by atoms with Crippen LogP contribution in [0.5, 0.6) is 0 Å². The number of carbonyl (C=O) groups is 1. The number of rotatable bonds is 4. The Morgan fingerprint density at radius 3 is 3.00 bits per heavy atom. The third-order valence-corrected chi connectivity index (χ3v) is 6.40. The van der Waals surface area contributed by atoms with Gasteiger partial charge in [-0.25, -0.2) is 4.79 Å². The van der Waals surface area contributed by atoms with Gasteiger partial charge in [-0.2, -0.15) is 0 Å². The summed E-state index contributed by atoms with van der Waals surface area (Å²) in [5, 5.41) is 4.40. The molecule has 1 saturated heterocycles. The van der Waals surface area contributed by atoms with Crippen molar-refractivity contribution in [3.05, 3.63) is 35.5 Å². The summed E-state index contributed by atoms with van der Waals surface area (Å²) in [5.74, 6) is 0. The summed E-state index contributed by atoms with van der Waals surface area (Å²) in [6.45, 7) is 7.41. The Hall–Kier alpha value is -2.01. The van der Waals surface area contributed by atoms with Gasteiger partial charge in [-0.05, 0) is 50.8 Å². The SMILES string of the molecule is CCOC(=O)NCC1(CC)CCCN2CCc3c([nH]c4ccccc34)C21. The maximum absolute atomic E-state index is 11.9. The van der Waals surface area contributed by atoms with Gasteiger partial charge in [-0.15, -0.1) is 0 Å². The van der Waals surface area contributed by atoms with Crippen LogP contribution < -0.4 is 5.32 Å². The lowest BCUT2D eigenvalue weighted by Gasteiger charge is -2.52. The molecule has 2 unspecified atom stereocenters. The fourth-order valence-corrected chi connectivity index (χ4v) is 5.11. The Bertz CT molecular complexity index is 800. The minimum absolute atomic E-state index is 0.0427. The quantitative estimate of drug-likeness (QED) is 0.871. The molecule has 2 atom stereocenters. The van der Waals surface area contributed by atoms with E-state index >= 15 is 0 Å². The van der Waals surface area contributed by atoms with Gasteiger partial charge in [-0.3, -0.25) is 4.90 Å². The van der Waals surface area contributed by atoms with Crippen molar-refractivity contribution in [1.82, 2.24) is 15.2 Å². The lowest BCUT2D eigenvalue weighted by molar-refractivity contribution is -0.000861. The predicted octanol–water partition coefficient (Wildman–Crippen LogP) is 4.00. The molecule has 5 nitrogen and oxygen atoms in total. The van der Waals surface area contributed by atoms with E-state index in [1.165, 1.54) is 28.6 Å². The van der Waals surface area contributed by atoms with Crippen LogP contribution in [0, 0.1) is 5.41 Å². The first-order valence-electron chi connectivity index (χ1n) is 9.92. The second kappa shape index (κ2) is 6.95. The van der Waals surface area contributed by atoms with E-state index in [0.29, 0.717) is 19.2 Å². The number of ether oxygens (including phenoxy) is 1. The van der Waals surface area contributed by atoms with E-state index < -0.39 is 0 Å². The summed E-state index contributed by atoms with van der Waals surface area (Å²) >= 11 is 0. The molecular weight excluding hydrogens is 326 g/mol. The van der Waals surface area contributed by atoms with E-state index in [1.807, 2.05) is 6.92 Å². The Balaban J connectivity index is 1.72. The first kappa shape index (κ1) is 17.4. The van der Waals surface area contributed by atoms with Crippen LogP contribution in [0.4, 0.5) is 4.79 Å². The van der Waals surface area contributed by atoms with Crippen molar-refractivity contribution in [2.24, 2.45) is 5.41 Å². The number of alkyl carbamates (subject to hydrolysis) is 1. The summed E-state index contributed by atoms with van der Waals surface area (Å²) in [5.41, 5.74) is 4.11. The molecule has 4 rings (SSSR count). The molecule has 1 fully saturated rings. The monoisotopic (exact) mass is 355 g/mol. The zero-order valence-electron chi connectivity index (χ0n) is 15.8. The van der Waals surface area contributed by atoms with Crippen LogP contribution in [0.3, 0.4) is 0 Å². The van der Waals surface area contributed by atoms with Gasteiger partial charge >= 0.3 is 6.09 Å². The maximum atomic E-state index is 11.9. The average molecular weight is 355 g/mol. The van der Waals surface area contributed by atoms with Crippen molar-refractivity contribution in [2.45, 2.75) is 45.6 Å². The van der Waals surface area contributed by atoms with Gasteiger partial charge in [0.25, 0.3) is 0 Å². The molecule has 2 aliphatic rings. The first-order chi connectivity index (χ1) is 12.7. The lowest BCUT2D eigenvalue weighted by atomic mass is 9.68. The van der Waals surface area contributed by atoms with Crippen molar-refractivity contribution >= 4 is 17.0 Å². The Kier molecular flexibility index (Phi) is 4.65. The number of piperidine rings is 1. The summed E-state index contributed by atoms with van der Waals surface area (Å²) < 4.78 is 5.10. The fourth-order valence-electron chi connectivity index (χ4n) is 5.11. The Morgan fingerprint density at radius 2 is 2.19 bits per heavy atom. The standard InChI is InChI=1S/C21H29N3O2/c1-3-21(14-22-20(25)26-4-2)11-7-12-24-13-10-16-15-8-5-6-9-17(15)23-18(16)19(21)24/h5-6,8-9,19,23H,3-4,7,10-14H2,1-2H3,(H,22,25). The van der Waals surface area contributed by atoms with Gasteiger partial charge in [-0.1, -0.05) is 25.1 Å². The van der Waals surface area contributed by atoms with E-state index in [0.717, 1.165) is 32.4 Å². The van der Waals surface area contributed by atoms with Gasteiger partial charge < -0.3 is 15.0 Å². The van der Waals surface area contributed by atoms with Gasteiger partial charge in [0.1, 0.15) is 0 Å². The number of benzene rings is 1. The lowest BCUT2D eigenvalue weighted by Crippen LogP contribution is -2.53. The minimum Gasteiger partial charge on any atom is -0.450 e. The largest absolute Gasteiger partial charge is 0.450 e. The maximum Gasteiger partial charge on any atom is 0.407 e. The van der Waals surface area contributed by atoms with Crippen LogP contribution in [0.25, 0.3) is 10.9 Å². The highest BCUT2D eigenvalue weighted by molar-refractivity contribution is 5.85. The van der Waals surface area contributed by atoms with Crippen molar-refractivity contribution in [3.8, 4) is 0 Å². The van der Waals surface area contributed by atoms with E-state index in [1.54, 1.807) is 0 Å². The van der Waals surface area contributed by atoms with Crippen LogP contribution in [-0.2, 0) is 11.2 Å². The topological polar surface area (TPSA) is 57.4 Å². The minimum atomic E-state index is -0.301. The number of nitrogens with one attached hydrogen (secondary N) is 2. The van der Waals surface area contributed by atoms with Crippen molar-refractivity contribution in [1.29, 1.82) is 0 Å². The number of H-pyrrole nitrogens is 1. The highest BCUT2D eigenvalue weighted by Crippen LogP contribution is 2.51. The fraction of sp³-hybridized carbons (Fsp3) is 0.571. The van der Waals surface area contributed by atoms with Crippen molar-refractivity contribution in [2.75, 3.05) is 26.2 Å². The molecule has 0 spiro atoms. The van der Waals surface area contributed by atoms with Gasteiger partial charge in [0.2, 0.25) is 0 Å². The molecule has 1 aromatic heterocycles. The van der Waals surface area contributed by atoms with Gasteiger partial charge in [0.15, 0.2) is 0 Å². The second-order valence-electron chi connectivity index (χ2n) is 7.64. The molecule has 26 heavy (non-hydrogen) atoms. The third-order valence-electron chi connectivity index (χ3n) is 6.40. The molecule has 140 valence electrons. The molecule has 2 aliphatic heterocycles. The number of aromatic amines is 1. The Morgan fingerprint density at radius 1 is 1.35 bits per heavy atom.